The largest absolute Gasteiger partial charge is 0.333 e. The van der Waals surface area contributed by atoms with Crippen LogP contribution in [0.25, 0.3) is 5.57 Å². The van der Waals surface area contributed by atoms with Crippen molar-refractivity contribution in [3.05, 3.63) is 123 Å². The van der Waals surface area contributed by atoms with E-state index in [1.807, 2.05) is 39.8 Å². The lowest BCUT2D eigenvalue weighted by atomic mass is 9.45. The van der Waals surface area contributed by atoms with Gasteiger partial charge >= 0.3 is 0 Å². The molecule has 3 aliphatic rings. The molecule has 0 heterocycles. The van der Waals surface area contributed by atoms with Crippen LogP contribution in [0.5, 0.6) is 0 Å². The van der Waals surface area contributed by atoms with Crippen molar-refractivity contribution in [2.24, 2.45) is 22.5 Å². The van der Waals surface area contributed by atoms with Gasteiger partial charge in [-0.25, -0.2) is 0 Å². The Morgan fingerprint density at radius 1 is 1.07 bits per heavy atom. The first kappa shape index (κ1) is 36.8. The molecule has 44 heavy (non-hydrogen) atoms. The molecule has 3 aliphatic carbocycles. The van der Waals surface area contributed by atoms with Gasteiger partial charge in [0.25, 0.3) is 0 Å². The fourth-order valence-electron chi connectivity index (χ4n) is 7.38. The first-order valence-corrected chi connectivity index (χ1v) is 16.4. The highest BCUT2D eigenvalue weighted by Gasteiger charge is 2.58. The Morgan fingerprint density at radius 3 is 2.25 bits per heavy atom. The van der Waals surface area contributed by atoms with Gasteiger partial charge < -0.3 is 5.73 Å². The Hall–Kier alpha value is -3.43. The second-order valence-electron chi connectivity index (χ2n) is 11.4. The lowest BCUT2D eigenvalue weighted by Crippen LogP contribution is -2.50. The summed E-state index contributed by atoms with van der Waals surface area (Å²) in [6.45, 7) is 30.3. The zero-order valence-electron chi connectivity index (χ0n) is 28.7. The molecule has 0 saturated heterocycles. The van der Waals surface area contributed by atoms with Crippen LogP contribution in [0.3, 0.4) is 0 Å². The van der Waals surface area contributed by atoms with Crippen molar-refractivity contribution in [2.75, 3.05) is 7.05 Å². The van der Waals surface area contributed by atoms with Crippen molar-refractivity contribution in [1.82, 2.24) is 0 Å². The van der Waals surface area contributed by atoms with E-state index in [9.17, 15) is 0 Å². The predicted octanol–water partition coefficient (Wildman–Crippen LogP) is 10.4. The molecule has 2 heteroatoms. The topological polar surface area (TPSA) is 26.0 Å². The van der Waals surface area contributed by atoms with E-state index < -0.39 is 0 Å². The Kier molecular flexibility index (Phi) is 13.0. The molecule has 0 saturated carbocycles. The summed E-state index contributed by atoms with van der Waals surface area (Å²) in [4.78, 5) is 0.998. The summed E-state index contributed by atoms with van der Waals surface area (Å²) in [5.41, 5.74) is 17.1. The van der Waals surface area contributed by atoms with Gasteiger partial charge in [-0.05, 0) is 114 Å². The molecule has 3 atom stereocenters. The van der Waals surface area contributed by atoms with Crippen LogP contribution in [-0.4, -0.2) is 7.05 Å². The molecule has 0 bridgehead atoms. The van der Waals surface area contributed by atoms with Gasteiger partial charge in [-0.2, -0.15) is 0 Å². The van der Waals surface area contributed by atoms with Crippen molar-refractivity contribution >= 4 is 18.2 Å². The Balaban J connectivity index is 0.00000106. The molecule has 2 aromatic rings. The van der Waals surface area contributed by atoms with E-state index in [2.05, 4.69) is 94.7 Å². The normalized spacial score (nSPS) is 22.9. The molecule has 5 rings (SSSR count). The number of allylic oxidation sites excluding steroid dienone is 7. The molecule has 2 N–H and O–H groups in total. The zero-order valence-corrected chi connectivity index (χ0v) is 29.6. The highest BCUT2D eigenvalue weighted by Crippen LogP contribution is 2.67. The van der Waals surface area contributed by atoms with E-state index in [1.165, 1.54) is 46.0 Å². The Bertz CT molecular complexity index is 1580. The van der Waals surface area contributed by atoms with Gasteiger partial charge in [0, 0.05) is 22.8 Å². The molecule has 0 radical (unpaired) electrons. The van der Waals surface area contributed by atoms with Crippen molar-refractivity contribution in [3.63, 3.8) is 0 Å². The fraction of sp³-hybridized carbons (Fsp3) is 0.381. The third-order valence-electron chi connectivity index (χ3n) is 9.66. The lowest BCUT2D eigenvalue weighted by molar-refractivity contribution is 0.136. The Morgan fingerprint density at radius 2 is 1.68 bits per heavy atom. The molecule has 0 spiro atoms. The molecular formula is C42H53NS. The second kappa shape index (κ2) is 15.5. The lowest BCUT2D eigenvalue weighted by Gasteiger charge is -2.57. The van der Waals surface area contributed by atoms with Crippen molar-refractivity contribution in [1.29, 1.82) is 0 Å². The quantitative estimate of drug-likeness (QED) is 0.259. The average Bonchev–Trinajstić information content (AvgIpc) is 3.05. The van der Waals surface area contributed by atoms with Gasteiger partial charge in [-0.15, -0.1) is 19.1 Å². The van der Waals surface area contributed by atoms with E-state index in [0.29, 0.717) is 5.92 Å². The SMILES string of the molecule is C#CC12CC(S)=C(C=C)C(=C)C1(C)C(C)=C1C(=C)c3c(C)c(C#CCc4ccccc4)cc(C)c3CC1C2.CC.CC.CN. The van der Waals surface area contributed by atoms with Crippen LogP contribution in [0.15, 0.2) is 89.4 Å². The van der Waals surface area contributed by atoms with Gasteiger partial charge in [-0.1, -0.05) is 114 Å². The summed E-state index contributed by atoms with van der Waals surface area (Å²) in [7, 11) is 1.50. The van der Waals surface area contributed by atoms with Crippen LogP contribution in [-0.2, 0) is 12.8 Å². The minimum absolute atomic E-state index is 0.325. The minimum Gasteiger partial charge on any atom is -0.333 e. The highest BCUT2D eigenvalue weighted by molar-refractivity contribution is 7.84. The van der Waals surface area contributed by atoms with Crippen LogP contribution >= 0.6 is 12.6 Å². The van der Waals surface area contributed by atoms with Crippen molar-refractivity contribution < 1.29 is 0 Å². The van der Waals surface area contributed by atoms with Crippen LogP contribution in [0, 0.1) is 54.8 Å². The molecule has 2 aromatic carbocycles. The number of aryl methyl sites for hydroxylation is 1. The molecular weight excluding hydrogens is 551 g/mol. The van der Waals surface area contributed by atoms with Crippen LogP contribution in [0.4, 0.5) is 0 Å². The smallest absolute Gasteiger partial charge is 0.0494 e. The fourth-order valence-corrected chi connectivity index (χ4v) is 7.88. The summed E-state index contributed by atoms with van der Waals surface area (Å²) >= 11 is 4.87. The summed E-state index contributed by atoms with van der Waals surface area (Å²) in [5, 5.41) is 0. The van der Waals surface area contributed by atoms with Gasteiger partial charge in [-0.3, -0.25) is 0 Å². The van der Waals surface area contributed by atoms with E-state index in [-0.39, 0.29) is 10.8 Å². The molecule has 232 valence electrons. The van der Waals surface area contributed by atoms with Gasteiger partial charge in [0.15, 0.2) is 0 Å². The molecule has 0 aliphatic heterocycles. The summed E-state index contributed by atoms with van der Waals surface area (Å²) in [5.74, 6) is 10.5. The van der Waals surface area contributed by atoms with Crippen molar-refractivity contribution in [3.8, 4) is 24.2 Å². The van der Waals surface area contributed by atoms with Crippen LogP contribution < -0.4 is 5.73 Å². The maximum absolute atomic E-state index is 6.39. The maximum Gasteiger partial charge on any atom is 0.0494 e. The summed E-state index contributed by atoms with van der Waals surface area (Å²) < 4.78 is 0. The number of terminal acetylenes is 1. The summed E-state index contributed by atoms with van der Waals surface area (Å²) in [6, 6.07) is 12.7. The summed E-state index contributed by atoms with van der Waals surface area (Å²) in [6.07, 6.45) is 11.6. The first-order valence-electron chi connectivity index (χ1n) is 16.0. The monoisotopic (exact) mass is 603 g/mol. The van der Waals surface area contributed by atoms with E-state index in [4.69, 9.17) is 25.6 Å². The second-order valence-corrected chi connectivity index (χ2v) is 11.9. The zero-order chi connectivity index (χ0) is 33.4. The number of hydrogen-bond acceptors (Lipinski definition) is 2. The molecule has 3 unspecified atom stereocenters. The number of rotatable bonds is 2. The Labute approximate surface area is 274 Å². The van der Waals surface area contributed by atoms with Gasteiger partial charge in [0.2, 0.25) is 0 Å². The van der Waals surface area contributed by atoms with E-state index in [0.717, 1.165) is 52.9 Å². The molecule has 0 aromatic heterocycles. The molecule has 1 nitrogen and oxygen atoms in total. The van der Waals surface area contributed by atoms with Crippen molar-refractivity contribution in [2.45, 2.75) is 81.1 Å². The number of hydrogen-bond donors (Lipinski definition) is 2. The standard InChI is InChI=1S/C37H36S.2C2H6.CH5N/c1-9-31-26(6)36(8)27(7)35-25(5)34-24(4)29(18-14-17-28-15-12-11-13-16-28)19-23(3)32(34)20-30(35)21-37(36,10-2)22-33(31)38;3*1-2/h2,9,11-13,15-16,19,30,38H,1,5-6,17,20-22H2,3-4,7-8H3;2*1-2H3;2H2,1H3. The highest BCUT2D eigenvalue weighted by atomic mass is 32.1. The number of nitrogens with two attached hydrogens (primary N) is 1. The van der Waals surface area contributed by atoms with Crippen LogP contribution in [0.2, 0.25) is 0 Å². The van der Waals surface area contributed by atoms with Crippen LogP contribution in [0.1, 0.15) is 87.8 Å². The van der Waals surface area contributed by atoms with Gasteiger partial charge in [0.1, 0.15) is 0 Å². The number of thiol groups is 1. The average molecular weight is 604 g/mol. The van der Waals surface area contributed by atoms with Gasteiger partial charge in [0.05, 0.1) is 0 Å². The predicted molar refractivity (Wildman–Crippen MR) is 199 cm³/mol. The number of fused-ring (bicyclic) bond motifs is 3. The molecule has 0 fully saturated rings. The van der Waals surface area contributed by atoms with E-state index >= 15 is 0 Å². The van der Waals surface area contributed by atoms with E-state index in [1.54, 1.807) is 0 Å². The maximum atomic E-state index is 6.39. The third kappa shape index (κ3) is 6.09. The third-order valence-corrected chi connectivity index (χ3v) is 10.1. The first-order chi connectivity index (χ1) is 21.1. The molecule has 0 amide bonds. The minimum atomic E-state index is -0.375. The number of benzene rings is 2.